The quantitative estimate of drug-likeness (QED) is 0.341. The molecule has 40 heavy (non-hydrogen) atoms. The summed E-state index contributed by atoms with van der Waals surface area (Å²) >= 11 is 0. The van der Waals surface area contributed by atoms with Gasteiger partial charge < -0.3 is 10.6 Å². The minimum Gasteiger partial charge on any atom is -0.349 e. The van der Waals surface area contributed by atoms with Gasteiger partial charge >= 0.3 is 0 Å². The summed E-state index contributed by atoms with van der Waals surface area (Å²) < 4.78 is 60.5. The molecule has 216 valence electrons. The Morgan fingerprint density at radius 1 is 1.12 bits per heavy atom. The van der Waals surface area contributed by atoms with Gasteiger partial charge in [-0.3, -0.25) is 9.59 Å². The first kappa shape index (κ1) is 28.0. The van der Waals surface area contributed by atoms with E-state index in [0.29, 0.717) is 22.6 Å². The van der Waals surface area contributed by atoms with Gasteiger partial charge in [-0.05, 0) is 68.2 Å². The molecule has 14 heteroatoms. The van der Waals surface area contributed by atoms with Crippen LogP contribution >= 0.6 is 0 Å². The zero-order valence-electron chi connectivity index (χ0n) is 22.2. The highest BCUT2D eigenvalue weighted by atomic mass is 19.3. The van der Waals surface area contributed by atoms with Crippen LogP contribution in [-0.2, 0) is 4.79 Å². The maximum Gasteiger partial charge on any atom is 0.276 e. The number of nitrogens with one attached hydrogen (secondary N) is 2. The van der Waals surface area contributed by atoms with E-state index in [1.54, 1.807) is 25.4 Å². The first-order valence-corrected chi connectivity index (χ1v) is 13.4. The van der Waals surface area contributed by atoms with Crippen LogP contribution in [-0.4, -0.2) is 48.6 Å². The molecule has 0 aliphatic heterocycles. The second kappa shape index (κ2) is 10.8. The van der Waals surface area contributed by atoms with Gasteiger partial charge in [0.25, 0.3) is 5.91 Å². The van der Waals surface area contributed by atoms with Crippen molar-refractivity contribution < 1.29 is 31.8 Å². The number of alkyl halides is 4. The molecule has 2 aliphatic rings. The van der Waals surface area contributed by atoms with Crippen LogP contribution in [0, 0.1) is 18.8 Å². The fourth-order valence-corrected chi connectivity index (χ4v) is 5.19. The van der Waals surface area contributed by atoms with Crippen molar-refractivity contribution in [3.8, 4) is 0 Å². The number of fused-ring (bicyclic) bond motifs is 1. The van der Waals surface area contributed by atoms with Crippen LogP contribution in [0.2, 0.25) is 0 Å². The molecule has 2 aliphatic carbocycles. The van der Waals surface area contributed by atoms with Gasteiger partial charge in [-0.25, -0.2) is 31.7 Å². The molecule has 2 N–H and O–H groups in total. The molecular weight excluding hydrogens is 534 g/mol. The van der Waals surface area contributed by atoms with Crippen LogP contribution in [0.15, 0.2) is 23.1 Å². The molecule has 0 unspecified atom stereocenters. The van der Waals surface area contributed by atoms with Gasteiger partial charge in [-0.15, -0.1) is 0 Å². The van der Waals surface area contributed by atoms with Crippen molar-refractivity contribution in [2.45, 2.75) is 89.1 Å². The summed E-state index contributed by atoms with van der Waals surface area (Å²) in [6, 6.07) is 0.669. The topological polar surface area (TPSA) is 127 Å². The lowest BCUT2D eigenvalue weighted by Gasteiger charge is -2.33. The number of aryl methyl sites for hydroxylation is 1. The highest BCUT2D eigenvalue weighted by molar-refractivity contribution is 5.93. The summed E-state index contributed by atoms with van der Waals surface area (Å²) in [7, 11) is 0. The molecule has 2 amide bonds. The fraction of sp³-hybridized carbons (Fsp3) is 0.615. The Balaban J connectivity index is 1.39. The van der Waals surface area contributed by atoms with Crippen molar-refractivity contribution in [1.29, 1.82) is 0 Å². The Kier molecular flexibility index (Phi) is 7.53. The molecule has 0 bridgehead atoms. The standard InChI is InChI=1S/C26H31F4N7O3/c1-14-21(36-40-35-14)24(39)34-23(16-5-9-26(29,30)10-6-16)18-13-37-19(32-18)11-17(12-31-37)22(15-3-4-15)33-20(38)7-8-25(2,27)28/h11-13,15-16,22-23H,3-10H2,1-2H3,(H,33,38)(H,34,39)/t22-,23+/m1/s1. The lowest BCUT2D eigenvalue weighted by molar-refractivity contribution is -0.123. The molecule has 10 nitrogen and oxygen atoms in total. The molecule has 0 saturated heterocycles. The monoisotopic (exact) mass is 565 g/mol. The fourth-order valence-electron chi connectivity index (χ4n) is 5.19. The Bertz CT molecular complexity index is 1370. The van der Waals surface area contributed by atoms with Crippen molar-refractivity contribution >= 4 is 17.5 Å². The van der Waals surface area contributed by atoms with Crippen LogP contribution in [0.4, 0.5) is 17.6 Å². The number of imidazole rings is 1. The van der Waals surface area contributed by atoms with E-state index < -0.39 is 42.2 Å². The van der Waals surface area contributed by atoms with E-state index >= 15 is 0 Å². The number of carbonyl (C=O) groups excluding carboxylic acids is 2. The molecule has 3 aromatic rings. The van der Waals surface area contributed by atoms with Crippen molar-refractivity contribution in [2.24, 2.45) is 11.8 Å². The molecule has 2 atom stereocenters. The van der Waals surface area contributed by atoms with Crippen LogP contribution in [0.1, 0.15) is 97.8 Å². The predicted octanol–water partition coefficient (Wildman–Crippen LogP) is 4.72. The van der Waals surface area contributed by atoms with Gasteiger partial charge in [0.15, 0.2) is 11.3 Å². The Morgan fingerprint density at radius 2 is 1.82 bits per heavy atom. The van der Waals surface area contributed by atoms with Gasteiger partial charge in [-0.2, -0.15) is 5.10 Å². The molecule has 0 spiro atoms. The second-order valence-corrected chi connectivity index (χ2v) is 11.1. The first-order valence-electron chi connectivity index (χ1n) is 13.4. The summed E-state index contributed by atoms with van der Waals surface area (Å²) in [6.45, 7) is 2.35. The molecule has 5 rings (SSSR count). The van der Waals surface area contributed by atoms with Crippen LogP contribution in [0.25, 0.3) is 5.65 Å². The van der Waals surface area contributed by atoms with Gasteiger partial charge in [0, 0.05) is 25.7 Å². The number of amides is 2. The van der Waals surface area contributed by atoms with Gasteiger partial charge in [0.2, 0.25) is 17.8 Å². The van der Waals surface area contributed by atoms with Crippen LogP contribution in [0.3, 0.4) is 0 Å². The third-order valence-corrected chi connectivity index (χ3v) is 7.63. The number of aromatic nitrogens is 5. The van der Waals surface area contributed by atoms with Crippen molar-refractivity contribution in [1.82, 2.24) is 35.5 Å². The number of nitrogens with zero attached hydrogens (tertiary/aromatic N) is 5. The van der Waals surface area contributed by atoms with Crippen molar-refractivity contribution in [2.75, 3.05) is 0 Å². The third kappa shape index (κ3) is 6.58. The average molecular weight is 566 g/mol. The molecule has 2 saturated carbocycles. The van der Waals surface area contributed by atoms with E-state index in [2.05, 4.69) is 35.7 Å². The molecule has 0 radical (unpaired) electrons. The summed E-state index contributed by atoms with van der Waals surface area (Å²) in [6.07, 6.45) is 3.95. The Morgan fingerprint density at radius 3 is 2.45 bits per heavy atom. The van der Waals surface area contributed by atoms with E-state index in [9.17, 15) is 27.2 Å². The van der Waals surface area contributed by atoms with Gasteiger partial charge in [0.1, 0.15) is 5.69 Å². The lowest BCUT2D eigenvalue weighted by atomic mass is 9.81. The zero-order valence-corrected chi connectivity index (χ0v) is 22.2. The normalized spacial score (nSPS) is 19.4. The van der Waals surface area contributed by atoms with E-state index in [1.807, 2.05) is 0 Å². The molecule has 3 heterocycles. The molecular formula is C26H31F4N7O3. The smallest absolute Gasteiger partial charge is 0.276 e. The molecule has 3 aromatic heterocycles. The maximum atomic E-state index is 13.9. The van der Waals surface area contributed by atoms with Crippen LogP contribution < -0.4 is 10.6 Å². The maximum absolute atomic E-state index is 13.9. The van der Waals surface area contributed by atoms with E-state index in [4.69, 9.17) is 0 Å². The zero-order chi connectivity index (χ0) is 28.7. The minimum atomic E-state index is -2.93. The second-order valence-electron chi connectivity index (χ2n) is 11.1. The largest absolute Gasteiger partial charge is 0.349 e. The Hall–Kier alpha value is -3.58. The highest BCUT2D eigenvalue weighted by Gasteiger charge is 2.40. The number of carbonyl (C=O) groups is 2. The molecule has 2 fully saturated rings. The molecule has 0 aromatic carbocycles. The summed E-state index contributed by atoms with van der Waals surface area (Å²) in [5, 5.41) is 17.5. The first-order chi connectivity index (χ1) is 18.9. The van der Waals surface area contributed by atoms with Gasteiger partial charge in [-0.1, -0.05) is 5.16 Å². The number of rotatable bonds is 10. The summed E-state index contributed by atoms with van der Waals surface area (Å²) in [4.78, 5) is 30.1. The number of hydrogen-bond donors (Lipinski definition) is 2. The number of halogens is 4. The number of hydrogen-bond acceptors (Lipinski definition) is 7. The van der Waals surface area contributed by atoms with Crippen molar-refractivity contribution in [3.63, 3.8) is 0 Å². The van der Waals surface area contributed by atoms with E-state index in [-0.39, 0.29) is 49.6 Å². The Labute approximate surface area is 227 Å². The predicted molar refractivity (Wildman–Crippen MR) is 133 cm³/mol. The minimum absolute atomic E-state index is 0.000771. The lowest BCUT2D eigenvalue weighted by Crippen LogP contribution is -2.37. The summed E-state index contributed by atoms with van der Waals surface area (Å²) in [5.74, 6) is -6.83. The van der Waals surface area contributed by atoms with E-state index in [0.717, 1.165) is 19.8 Å². The summed E-state index contributed by atoms with van der Waals surface area (Å²) in [5.41, 5.74) is 1.86. The SMILES string of the molecule is Cc1nonc1C(=O)N[C@H](c1cn2ncc([C@H](NC(=O)CCC(C)(F)F)C3CC3)cc2n1)C1CCC(F)(F)CC1. The van der Waals surface area contributed by atoms with E-state index in [1.165, 1.54) is 4.52 Å². The third-order valence-electron chi connectivity index (χ3n) is 7.63. The van der Waals surface area contributed by atoms with Crippen molar-refractivity contribution in [3.05, 3.63) is 41.1 Å². The van der Waals surface area contributed by atoms with Gasteiger partial charge in [0.05, 0.1) is 30.2 Å². The average Bonchev–Trinajstić information content (AvgIpc) is 3.49. The van der Waals surface area contributed by atoms with Crippen LogP contribution in [0.5, 0.6) is 0 Å². The highest BCUT2D eigenvalue weighted by Crippen LogP contribution is 2.43.